The van der Waals surface area contributed by atoms with Gasteiger partial charge in [-0.1, -0.05) is 18.2 Å². The molecule has 0 radical (unpaired) electrons. The van der Waals surface area contributed by atoms with Crippen molar-refractivity contribution in [3.63, 3.8) is 0 Å². The molecule has 1 aromatic heterocycles. The summed E-state index contributed by atoms with van der Waals surface area (Å²) in [5, 5.41) is 3.76. The lowest BCUT2D eigenvalue weighted by molar-refractivity contribution is -0.144. The van der Waals surface area contributed by atoms with E-state index < -0.39 is 23.4 Å². The van der Waals surface area contributed by atoms with E-state index in [4.69, 9.17) is 10.5 Å². The van der Waals surface area contributed by atoms with Crippen LogP contribution in [0, 0.1) is 0 Å². The van der Waals surface area contributed by atoms with E-state index in [0.717, 1.165) is 28.4 Å². The highest BCUT2D eigenvalue weighted by molar-refractivity contribution is 5.90. The van der Waals surface area contributed by atoms with Crippen molar-refractivity contribution in [2.24, 2.45) is 5.73 Å². The Kier molecular flexibility index (Phi) is 5.98. The predicted octanol–water partition coefficient (Wildman–Crippen LogP) is 2.97. The fourth-order valence-electron chi connectivity index (χ4n) is 3.14. The Balaban J connectivity index is 0.00000243. The van der Waals surface area contributed by atoms with Gasteiger partial charge in [-0.2, -0.15) is 18.3 Å². The summed E-state index contributed by atoms with van der Waals surface area (Å²) in [7, 11) is 0. The molecule has 1 aromatic carbocycles. The van der Waals surface area contributed by atoms with Gasteiger partial charge in [0.05, 0.1) is 19.3 Å². The molecule has 0 unspecified atom stereocenters. The van der Waals surface area contributed by atoms with Gasteiger partial charge < -0.3 is 10.5 Å². The molecule has 0 saturated heterocycles. The fraction of sp³-hybridized carbons (Fsp3) is 0.412. The summed E-state index contributed by atoms with van der Waals surface area (Å²) in [6.45, 7) is 1.44. The van der Waals surface area contributed by atoms with Crippen molar-refractivity contribution in [3.8, 4) is 0 Å². The number of rotatable bonds is 4. The number of hydrogen-bond donors (Lipinski definition) is 1. The van der Waals surface area contributed by atoms with E-state index in [1.54, 1.807) is 6.07 Å². The van der Waals surface area contributed by atoms with Crippen LogP contribution in [0.2, 0.25) is 0 Å². The van der Waals surface area contributed by atoms with Crippen LogP contribution in [0.5, 0.6) is 0 Å². The highest BCUT2D eigenvalue weighted by Crippen LogP contribution is 2.33. The highest BCUT2D eigenvalue weighted by atomic mass is 35.5. The third-order valence-electron chi connectivity index (χ3n) is 4.17. The highest BCUT2D eigenvalue weighted by Gasteiger charge is 2.40. The van der Waals surface area contributed by atoms with Gasteiger partial charge >= 0.3 is 12.1 Å². The maximum atomic E-state index is 13.4. The zero-order valence-corrected chi connectivity index (χ0v) is 14.9. The molecule has 26 heavy (non-hydrogen) atoms. The van der Waals surface area contributed by atoms with Crippen molar-refractivity contribution in [2.75, 3.05) is 6.61 Å². The lowest BCUT2D eigenvalue weighted by Crippen LogP contribution is -2.20. The molecule has 0 aliphatic heterocycles. The Morgan fingerprint density at radius 2 is 2.04 bits per heavy atom. The van der Waals surface area contributed by atoms with Crippen molar-refractivity contribution in [1.29, 1.82) is 0 Å². The van der Waals surface area contributed by atoms with E-state index in [1.807, 2.05) is 12.1 Å². The third-order valence-corrected chi connectivity index (χ3v) is 4.17. The molecule has 2 N–H and O–H groups in total. The van der Waals surface area contributed by atoms with E-state index in [-0.39, 0.29) is 31.6 Å². The van der Waals surface area contributed by atoms with E-state index in [9.17, 15) is 18.0 Å². The second kappa shape index (κ2) is 7.67. The first-order chi connectivity index (χ1) is 11.8. The number of nitrogens with zero attached hydrogens (tertiary/aromatic N) is 2. The summed E-state index contributed by atoms with van der Waals surface area (Å²) in [6.07, 6.45) is -2.32. The molecule has 1 aliphatic carbocycles. The molecule has 0 spiro atoms. The average molecular weight is 390 g/mol. The second-order valence-electron chi connectivity index (χ2n) is 6.05. The van der Waals surface area contributed by atoms with Gasteiger partial charge in [-0.25, -0.2) is 4.79 Å². The van der Waals surface area contributed by atoms with Crippen molar-refractivity contribution in [2.45, 2.75) is 38.5 Å². The largest absolute Gasteiger partial charge is 0.462 e. The number of ether oxygens (including phenoxy) is 1. The average Bonchev–Trinajstić information content (AvgIpc) is 3.09. The minimum absolute atomic E-state index is 0. The number of nitrogens with two attached hydrogens (primary N) is 1. The number of aromatic nitrogens is 2. The molecular formula is C17H19ClF3N3O2. The van der Waals surface area contributed by atoms with Crippen LogP contribution in [0.25, 0.3) is 0 Å². The third kappa shape index (κ3) is 4.02. The van der Waals surface area contributed by atoms with Gasteiger partial charge in [0.2, 0.25) is 0 Å². The minimum atomic E-state index is -4.71. The molecule has 1 aliphatic rings. The number of benzene rings is 1. The van der Waals surface area contributed by atoms with Gasteiger partial charge in [0.25, 0.3) is 0 Å². The van der Waals surface area contributed by atoms with Gasteiger partial charge in [-0.05, 0) is 36.5 Å². The Morgan fingerprint density at radius 3 is 2.69 bits per heavy atom. The van der Waals surface area contributed by atoms with E-state index in [0.29, 0.717) is 12.0 Å². The number of fused-ring (bicyclic) bond motifs is 1. The molecule has 2 aromatic rings. The lowest BCUT2D eigenvalue weighted by Gasteiger charge is -2.13. The van der Waals surface area contributed by atoms with Crippen LogP contribution in [0.1, 0.15) is 39.7 Å². The first kappa shape index (κ1) is 20.3. The lowest BCUT2D eigenvalue weighted by atomic mass is 10.1. The van der Waals surface area contributed by atoms with E-state index in [1.165, 1.54) is 6.92 Å². The Labute approximate surface area is 154 Å². The van der Waals surface area contributed by atoms with Crippen LogP contribution in [-0.4, -0.2) is 28.4 Å². The van der Waals surface area contributed by atoms with Gasteiger partial charge in [0.1, 0.15) is 5.56 Å². The predicted molar refractivity (Wildman–Crippen MR) is 91.4 cm³/mol. The molecule has 3 rings (SSSR count). The van der Waals surface area contributed by atoms with Gasteiger partial charge in [0, 0.05) is 6.04 Å². The van der Waals surface area contributed by atoms with Gasteiger partial charge in [-0.15, -0.1) is 12.4 Å². The number of esters is 1. The number of carbonyl (C=O) groups excluding carboxylic acids is 1. The van der Waals surface area contributed by atoms with Crippen LogP contribution in [0.15, 0.2) is 24.4 Å². The molecule has 0 saturated carbocycles. The molecule has 5 nitrogen and oxygen atoms in total. The fourth-order valence-corrected chi connectivity index (χ4v) is 3.14. The molecule has 1 heterocycles. The van der Waals surface area contributed by atoms with Crippen molar-refractivity contribution in [3.05, 3.63) is 52.3 Å². The molecule has 9 heteroatoms. The number of hydrogen-bond acceptors (Lipinski definition) is 4. The summed E-state index contributed by atoms with van der Waals surface area (Å²) >= 11 is 0. The Hall–Kier alpha value is -2.06. The van der Waals surface area contributed by atoms with Crippen LogP contribution in [-0.2, 0) is 30.3 Å². The standard InChI is InChI=1S/C17H18F3N3O2.ClH/c1-2-25-16(24)14-8-22-23(15(14)17(18,19)20)9-10-3-4-11-6-13(21)7-12(11)5-10;/h3-5,8,13H,2,6-7,9,21H2,1H3;1H/t13-;/m0./s1. The summed E-state index contributed by atoms with van der Waals surface area (Å²) < 4.78 is 45.8. The molecule has 0 amide bonds. The summed E-state index contributed by atoms with van der Waals surface area (Å²) in [5.41, 5.74) is 7.11. The van der Waals surface area contributed by atoms with E-state index >= 15 is 0 Å². The van der Waals surface area contributed by atoms with Crippen molar-refractivity contribution < 1.29 is 22.7 Å². The first-order valence-electron chi connectivity index (χ1n) is 7.96. The number of carbonyl (C=O) groups is 1. The molecular weight excluding hydrogens is 371 g/mol. The molecule has 1 atom stereocenters. The smallest absolute Gasteiger partial charge is 0.433 e. The van der Waals surface area contributed by atoms with Crippen LogP contribution in [0.4, 0.5) is 13.2 Å². The van der Waals surface area contributed by atoms with Crippen LogP contribution in [0.3, 0.4) is 0 Å². The van der Waals surface area contributed by atoms with Gasteiger partial charge in [0.15, 0.2) is 5.69 Å². The molecule has 142 valence electrons. The van der Waals surface area contributed by atoms with E-state index in [2.05, 4.69) is 5.10 Å². The summed E-state index contributed by atoms with van der Waals surface area (Å²) in [5.74, 6) is -1.03. The van der Waals surface area contributed by atoms with Gasteiger partial charge in [-0.3, -0.25) is 4.68 Å². The Bertz CT molecular complexity index is 805. The van der Waals surface area contributed by atoms with Crippen LogP contribution >= 0.6 is 12.4 Å². The maximum Gasteiger partial charge on any atom is 0.433 e. The normalized spacial score (nSPS) is 16.1. The zero-order valence-electron chi connectivity index (χ0n) is 14.0. The second-order valence-corrected chi connectivity index (χ2v) is 6.05. The first-order valence-corrected chi connectivity index (χ1v) is 7.96. The SMILES string of the molecule is CCOC(=O)c1cnn(Cc2ccc3c(c2)C[C@@H](N)C3)c1C(F)(F)F.Cl. The molecule has 0 bridgehead atoms. The quantitative estimate of drug-likeness (QED) is 0.816. The minimum Gasteiger partial charge on any atom is -0.462 e. The molecule has 0 fully saturated rings. The Morgan fingerprint density at radius 1 is 1.35 bits per heavy atom. The summed E-state index contributed by atoms with van der Waals surface area (Å²) in [4.78, 5) is 11.8. The van der Waals surface area contributed by atoms with Crippen molar-refractivity contribution in [1.82, 2.24) is 9.78 Å². The monoisotopic (exact) mass is 389 g/mol. The summed E-state index contributed by atoms with van der Waals surface area (Å²) in [6, 6.07) is 5.56. The zero-order chi connectivity index (χ0) is 18.2. The van der Waals surface area contributed by atoms with Crippen molar-refractivity contribution >= 4 is 18.4 Å². The topological polar surface area (TPSA) is 70.1 Å². The number of halogens is 4. The van der Waals surface area contributed by atoms with Crippen LogP contribution < -0.4 is 5.73 Å². The number of alkyl halides is 3. The maximum absolute atomic E-state index is 13.4.